The fourth-order valence-corrected chi connectivity index (χ4v) is 3.88. The minimum absolute atomic E-state index is 0.440. The molecule has 2 aromatic carbocycles. The molecule has 6 heteroatoms. The van der Waals surface area contributed by atoms with Crippen molar-refractivity contribution < 1.29 is 8.95 Å². The van der Waals surface area contributed by atoms with Crippen LogP contribution in [0.25, 0.3) is 0 Å². The summed E-state index contributed by atoms with van der Waals surface area (Å²) in [4.78, 5) is 4.24. The minimum atomic E-state index is -0.886. The zero-order valence-corrected chi connectivity index (χ0v) is 17.8. The summed E-state index contributed by atoms with van der Waals surface area (Å²) in [6.45, 7) is 3.67. The van der Waals surface area contributed by atoms with Gasteiger partial charge in [-0.1, -0.05) is 49.4 Å². The molecule has 2 atom stereocenters. The largest absolute Gasteiger partial charge is 0.497 e. The quantitative estimate of drug-likeness (QED) is 0.474. The van der Waals surface area contributed by atoms with Crippen LogP contribution in [0.3, 0.4) is 0 Å². The molecule has 0 saturated heterocycles. The zero-order chi connectivity index (χ0) is 20.2. The fraction of sp³-hybridized carbons (Fsp3) is 0.409. The number of methoxy groups -OCH3 is 1. The second-order valence-electron chi connectivity index (χ2n) is 6.66. The van der Waals surface area contributed by atoms with Crippen molar-refractivity contribution in [1.82, 2.24) is 10.6 Å². The number of benzene rings is 2. The van der Waals surface area contributed by atoms with Crippen molar-refractivity contribution in [2.45, 2.75) is 25.0 Å². The van der Waals surface area contributed by atoms with Crippen molar-refractivity contribution >= 4 is 16.8 Å². The molecule has 2 unspecified atom stereocenters. The van der Waals surface area contributed by atoms with Crippen LogP contribution in [-0.4, -0.2) is 43.2 Å². The van der Waals surface area contributed by atoms with Crippen molar-refractivity contribution in [2.24, 2.45) is 4.99 Å². The molecule has 0 heterocycles. The van der Waals surface area contributed by atoms with Gasteiger partial charge in [0.2, 0.25) is 0 Å². The van der Waals surface area contributed by atoms with E-state index in [0.29, 0.717) is 24.0 Å². The maximum atomic E-state index is 12.2. The summed E-state index contributed by atoms with van der Waals surface area (Å²) in [6.07, 6.45) is 0.993. The molecular weight excluding hydrogens is 370 g/mol. The van der Waals surface area contributed by atoms with E-state index in [2.05, 4.69) is 34.7 Å². The van der Waals surface area contributed by atoms with E-state index in [1.54, 1.807) is 14.2 Å². The van der Waals surface area contributed by atoms with E-state index < -0.39 is 10.8 Å². The third-order valence-corrected chi connectivity index (χ3v) is 5.89. The molecule has 0 bridgehead atoms. The zero-order valence-electron chi connectivity index (χ0n) is 17.0. The Morgan fingerprint density at radius 2 is 1.75 bits per heavy atom. The molecule has 0 aliphatic heterocycles. The van der Waals surface area contributed by atoms with Crippen LogP contribution in [0, 0.1) is 0 Å². The highest BCUT2D eigenvalue weighted by atomic mass is 32.2. The highest BCUT2D eigenvalue weighted by Crippen LogP contribution is 2.21. The second kappa shape index (κ2) is 12.2. The maximum Gasteiger partial charge on any atom is 0.191 e. The monoisotopic (exact) mass is 401 g/mol. The fourth-order valence-electron chi connectivity index (χ4n) is 2.84. The summed E-state index contributed by atoms with van der Waals surface area (Å²) in [5.41, 5.74) is 2.40. The van der Waals surface area contributed by atoms with Crippen LogP contribution in [0.4, 0.5) is 0 Å². The summed E-state index contributed by atoms with van der Waals surface area (Å²) in [5.74, 6) is 3.25. The van der Waals surface area contributed by atoms with E-state index in [1.807, 2.05) is 42.5 Å². The number of hydrogen-bond donors (Lipinski definition) is 2. The van der Waals surface area contributed by atoms with Gasteiger partial charge in [-0.05, 0) is 35.6 Å². The molecule has 0 aliphatic carbocycles. The molecule has 2 aromatic rings. The SMILES string of the molecule is CN=C(NCCC(C)c1ccc(OC)cc1)NCCS(=O)Cc1ccccc1. The average Bonchev–Trinajstić information content (AvgIpc) is 2.73. The normalized spacial score (nSPS) is 13.6. The topological polar surface area (TPSA) is 62.7 Å². The summed E-state index contributed by atoms with van der Waals surface area (Å²) >= 11 is 0. The van der Waals surface area contributed by atoms with Crippen molar-refractivity contribution in [3.63, 3.8) is 0 Å². The Labute approximate surface area is 171 Å². The molecule has 0 fully saturated rings. The Kier molecular flexibility index (Phi) is 9.55. The van der Waals surface area contributed by atoms with Crippen LogP contribution in [0.5, 0.6) is 5.75 Å². The van der Waals surface area contributed by atoms with Crippen LogP contribution in [-0.2, 0) is 16.6 Å². The van der Waals surface area contributed by atoms with Gasteiger partial charge in [0.1, 0.15) is 5.75 Å². The van der Waals surface area contributed by atoms with Gasteiger partial charge < -0.3 is 15.4 Å². The molecule has 0 aromatic heterocycles. The Balaban J connectivity index is 1.66. The lowest BCUT2D eigenvalue weighted by atomic mass is 9.98. The molecule has 0 saturated carbocycles. The number of aliphatic imine (C=N–C) groups is 1. The Bertz CT molecular complexity index is 748. The minimum Gasteiger partial charge on any atom is -0.497 e. The van der Waals surface area contributed by atoms with Crippen molar-refractivity contribution in [3.8, 4) is 5.75 Å². The Morgan fingerprint density at radius 1 is 1.07 bits per heavy atom. The van der Waals surface area contributed by atoms with Gasteiger partial charge in [0.15, 0.2) is 5.96 Å². The standard InChI is InChI=1S/C22H31N3O2S/c1-18(20-9-11-21(27-3)12-10-20)13-14-24-22(23-2)25-15-16-28(26)17-19-7-5-4-6-8-19/h4-12,18H,13-17H2,1-3H3,(H2,23,24,25). The maximum absolute atomic E-state index is 12.2. The van der Waals surface area contributed by atoms with Crippen LogP contribution < -0.4 is 15.4 Å². The third kappa shape index (κ3) is 7.72. The lowest BCUT2D eigenvalue weighted by Gasteiger charge is -2.15. The van der Waals surface area contributed by atoms with Gasteiger partial charge in [0.05, 0.1) is 7.11 Å². The summed E-state index contributed by atoms with van der Waals surface area (Å²) in [5, 5.41) is 6.58. The van der Waals surface area contributed by atoms with Gasteiger partial charge in [-0.3, -0.25) is 9.20 Å². The highest BCUT2D eigenvalue weighted by Gasteiger charge is 2.07. The number of hydrogen-bond acceptors (Lipinski definition) is 3. The first-order valence-electron chi connectivity index (χ1n) is 9.59. The van der Waals surface area contributed by atoms with Crippen molar-refractivity contribution in [3.05, 3.63) is 65.7 Å². The lowest BCUT2D eigenvalue weighted by Crippen LogP contribution is -2.39. The smallest absolute Gasteiger partial charge is 0.191 e. The number of guanidine groups is 1. The number of nitrogens with zero attached hydrogens (tertiary/aromatic N) is 1. The number of rotatable bonds is 10. The van der Waals surface area contributed by atoms with Crippen LogP contribution in [0.2, 0.25) is 0 Å². The van der Waals surface area contributed by atoms with Crippen LogP contribution in [0.1, 0.15) is 30.4 Å². The van der Waals surface area contributed by atoms with E-state index in [1.165, 1.54) is 5.56 Å². The predicted octanol–water partition coefficient (Wildman–Crippen LogP) is 3.30. The van der Waals surface area contributed by atoms with E-state index in [4.69, 9.17) is 4.74 Å². The van der Waals surface area contributed by atoms with Gasteiger partial charge in [0, 0.05) is 42.4 Å². The number of ether oxygens (including phenoxy) is 1. The highest BCUT2D eigenvalue weighted by molar-refractivity contribution is 7.84. The lowest BCUT2D eigenvalue weighted by molar-refractivity contribution is 0.414. The van der Waals surface area contributed by atoms with Gasteiger partial charge in [-0.2, -0.15) is 0 Å². The first-order chi connectivity index (χ1) is 13.6. The number of nitrogens with one attached hydrogen (secondary N) is 2. The average molecular weight is 402 g/mol. The molecule has 0 amide bonds. The summed E-state index contributed by atoms with van der Waals surface area (Å²) < 4.78 is 17.4. The molecule has 5 nitrogen and oxygen atoms in total. The van der Waals surface area contributed by atoms with Gasteiger partial charge in [-0.15, -0.1) is 0 Å². The molecule has 2 N–H and O–H groups in total. The van der Waals surface area contributed by atoms with Crippen molar-refractivity contribution in [2.75, 3.05) is 33.0 Å². The van der Waals surface area contributed by atoms with E-state index >= 15 is 0 Å². The third-order valence-electron chi connectivity index (χ3n) is 4.57. The van der Waals surface area contributed by atoms with Gasteiger partial charge >= 0.3 is 0 Å². The molecule has 0 spiro atoms. The summed E-state index contributed by atoms with van der Waals surface area (Å²) in [7, 11) is 2.55. The Hall–Kier alpha value is -2.34. The molecule has 28 heavy (non-hydrogen) atoms. The summed E-state index contributed by atoms with van der Waals surface area (Å²) in [6, 6.07) is 18.2. The predicted molar refractivity (Wildman–Crippen MR) is 119 cm³/mol. The van der Waals surface area contributed by atoms with Gasteiger partial charge in [0.25, 0.3) is 0 Å². The second-order valence-corrected chi connectivity index (χ2v) is 8.24. The molecule has 2 rings (SSSR count). The van der Waals surface area contributed by atoms with E-state index in [9.17, 15) is 4.21 Å². The van der Waals surface area contributed by atoms with E-state index in [-0.39, 0.29) is 0 Å². The molecule has 0 aliphatic rings. The Morgan fingerprint density at radius 3 is 2.39 bits per heavy atom. The van der Waals surface area contributed by atoms with Gasteiger partial charge in [-0.25, -0.2) is 0 Å². The molecule has 152 valence electrons. The van der Waals surface area contributed by atoms with E-state index in [0.717, 1.165) is 30.2 Å². The van der Waals surface area contributed by atoms with Crippen molar-refractivity contribution in [1.29, 1.82) is 0 Å². The molecule has 0 radical (unpaired) electrons. The first kappa shape index (κ1) is 22.0. The van der Waals surface area contributed by atoms with Crippen LogP contribution in [0.15, 0.2) is 59.6 Å². The molecular formula is C22H31N3O2S. The first-order valence-corrected chi connectivity index (χ1v) is 11.1. The van der Waals surface area contributed by atoms with Crippen LogP contribution >= 0.6 is 0 Å².